The smallest absolute Gasteiger partial charge is 0.115 e. The van der Waals surface area contributed by atoms with Crippen molar-refractivity contribution < 1.29 is 0 Å². The molecule has 2 aromatic rings. The zero-order valence-corrected chi connectivity index (χ0v) is 12.0. The highest BCUT2D eigenvalue weighted by Gasteiger charge is 2.14. The first-order valence-electron chi connectivity index (χ1n) is 6.97. The highest BCUT2D eigenvalue weighted by Crippen LogP contribution is 2.23. The number of rotatable bonds is 5. The third-order valence-electron chi connectivity index (χ3n) is 3.59. The molecule has 102 valence electrons. The normalized spacial score (nSPS) is 13.2. The summed E-state index contributed by atoms with van der Waals surface area (Å²) >= 11 is 0. The van der Waals surface area contributed by atoms with Crippen LogP contribution in [0.3, 0.4) is 0 Å². The number of nitrogens with zero attached hydrogens (tertiary/aromatic N) is 1. The highest BCUT2D eigenvalue weighted by atomic mass is 14.9. The van der Waals surface area contributed by atoms with Crippen molar-refractivity contribution in [3.63, 3.8) is 0 Å². The minimum atomic E-state index is -0.175. The summed E-state index contributed by atoms with van der Waals surface area (Å²) in [6.45, 7) is 4.22. The number of nitrogens with one attached hydrogen (secondary N) is 1. The Hall–Kier alpha value is -2.27. The second kappa shape index (κ2) is 6.77. The predicted molar refractivity (Wildman–Crippen MR) is 83.7 cm³/mol. The Kier molecular flexibility index (Phi) is 4.79. The maximum Gasteiger partial charge on any atom is 0.115 e. The average molecular weight is 264 g/mol. The van der Waals surface area contributed by atoms with Gasteiger partial charge in [0.15, 0.2) is 0 Å². The summed E-state index contributed by atoms with van der Waals surface area (Å²) in [4.78, 5) is 0. The van der Waals surface area contributed by atoms with Crippen molar-refractivity contribution in [1.82, 2.24) is 0 Å². The maximum absolute atomic E-state index is 9.36. The van der Waals surface area contributed by atoms with Gasteiger partial charge >= 0.3 is 0 Å². The second-order valence-electron chi connectivity index (χ2n) is 5.19. The molecule has 1 N–H and O–H groups in total. The molecular weight excluding hydrogens is 244 g/mol. The Morgan fingerprint density at radius 1 is 1.05 bits per heavy atom. The van der Waals surface area contributed by atoms with Crippen LogP contribution >= 0.6 is 0 Å². The molecule has 2 rings (SSSR count). The van der Waals surface area contributed by atoms with Gasteiger partial charge in [-0.05, 0) is 36.5 Å². The van der Waals surface area contributed by atoms with Crippen molar-refractivity contribution >= 4 is 5.69 Å². The van der Waals surface area contributed by atoms with Gasteiger partial charge in [0.1, 0.15) is 6.04 Å². The highest BCUT2D eigenvalue weighted by molar-refractivity contribution is 5.51. The Balaban J connectivity index is 2.03. The molecule has 20 heavy (non-hydrogen) atoms. The van der Waals surface area contributed by atoms with Crippen molar-refractivity contribution in [3.8, 4) is 6.07 Å². The summed E-state index contributed by atoms with van der Waals surface area (Å²) in [5, 5.41) is 12.7. The fraction of sp³-hybridized carbons (Fsp3) is 0.278. The molecule has 0 amide bonds. The molecule has 2 unspecified atom stereocenters. The number of benzene rings is 2. The van der Waals surface area contributed by atoms with Crippen LogP contribution in [-0.2, 0) is 0 Å². The molecule has 0 spiro atoms. The third-order valence-corrected chi connectivity index (χ3v) is 3.59. The van der Waals surface area contributed by atoms with Crippen molar-refractivity contribution in [3.05, 3.63) is 65.7 Å². The lowest BCUT2D eigenvalue weighted by Crippen LogP contribution is -2.20. The molecule has 0 fully saturated rings. The van der Waals surface area contributed by atoms with Gasteiger partial charge in [-0.2, -0.15) is 5.26 Å². The van der Waals surface area contributed by atoms with Crippen molar-refractivity contribution in [2.75, 3.05) is 5.32 Å². The number of aryl methyl sites for hydroxylation is 1. The van der Waals surface area contributed by atoms with Crippen molar-refractivity contribution in [2.45, 2.75) is 32.2 Å². The van der Waals surface area contributed by atoms with E-state index in [0.29, 0.717) is 5.92 Å². The van der Waals surface area contributed by atoms with Crippen LogP contribution in [0, 0.1) is 18.3 Å². The number of anilines is 1. The quantitative estimate of drug-likeness (QED) is 0.863. The van der Waals surface area contributed by atoms with Crippen LogP contribution in [-0.4, -0.2) is 6.04 Å². The summed E-state index contributed by atoms with van der Waals surface area (Å²) in [7, 11) is 0. The van der Waals surface area contributed by atoms with Gasteiger partial charge in [0.05, 0.1) is 6.07 Å². The Morgan fingerprint density at radius 2 is 1.70 bits per heavy atom. The average Bonchev–Trinajstić information content (AvgIpc) is 2.49. The molecule has 0 aliphatic rings. The van der Waals surface area contributed by atoms with Gasteiger partial charge in [-0.1, -0.05) is 55.5 Å². The molecule has 0 radical (unpaired) electrons. The molecule has 0 saturated heterocycles. The van der Waals surface area contributed by atoms with Gasteiger partial charge in [-0.3, -0.25) is 0 Å². The molecule has 2 nitrogen and oxygen atoms in total. The number of hydrogen-bond acceptors (Lipinski definition) is 2. The van der Waals surface area contributed by atoms with Crippen molar-refractivity contribution in [2.24, 2.45) is 0 Å². The van der Waals surface area contributed by atoms with Crippen LogP contribution in [0.4, 0.5) is 5.69 Å². The van der Waals surface area contributed by atoms with Gasteiger partial charge in [-0.15, -0.1) is 0 Å². The number of hydrogen-bond donors (Lipinski definition) is 1. The molecular formula is C18H20N2. The van der Waals surface area contributed by atoms with E-state index in [1.807, 2.05) is 36.4 Å². The monoisotopic (exact) mass is 264 g/mol. The van der Waals surface area contributed by atoms with Gasteiger partial charge in [0.2, 0.25) is 0 Å². The van der Waals surface area contributed by atoms with Crippen LogP contribution in [0.5, 0.6) is 0 Å². The molecule has 0 aliphatic carbocycles. The van der Waals surface area contributed by atoms with E-state index in [1.165, 1.54) is 11.1 Å². The Morgan fingerprint density at radius 3 is 2.35 bits per heavy atom. The Bertz CT molecular complexity index is 584. The fourth-order valence-corrected chi connectivity index (χ4v) is 2.34. The summed E-state index contributed by atoms with van der Waals surface area (Å²) in [6.07, 6.45) is 0.800. The number of nitriles is 1. The third kappa shape index (κ3) is 3.61. The van der Waals surface area contributed by atoms with E-state index in [4.69, 9.17) is 0 Å². The first kappa shape index (κ1) is 14.1. The minimum absolute atomic E-state index is 0.175. The fourth-order valence-electron chi connectivity index (χ4n) is 2.34. The summed E-state index contributed by atoms with van der Waals surface area (Å²) in [5.74, 6) is 0.359. The Labute approximate surface area is 121 Å². The second-order valence-corrected chi connectivity index (χ2v) is 5.19. The SMILES string of the molecule is Cc1ccccc1NC(C#N)CC(C)c1ccccc1. The molecule has 0 saturated carbocycles. The van der Waals surface area contributed by atoms with Gasteiger partial charge in [-0.25, -0.2) is 0 Å². The zero-order valence-electron chi connectivity index (χ0n) is 12.0. The van der Waals surface area contributed by atoms with Crippen molar-refractivity contribution in [1.29, 1.82) is 5.26 Å². The topological polar surface area (TPSA) is 35.8 Å². The van der Waals surface area contributed by atoms with Crippen LogP contribution in [0.25, 0.3) is 0 Å². The van der Waals surface area contributed by atoms with E-state index < -0.39 is 0 Å². The van der Waals surface area contributed by atoms with Crippen LogP contribution < -0.4 is 5.32 Å². The first-order chi connectivity index (χ1) is 9.70. The zero-order chi connectivity index (χ0) is 14.4. The first-order valence-corrected chi connectivity index (χ1v) is 6.97. The van der Waals surface area contributed by atoms with E-state index >= 15 is 0 Å². The molecule has 0 bridgehead atoms. The van der Waals surface area contributed by atoms with E-state index in [1.54, 1.807) is 0 Å². The molecule has 2 atom stereocenters. The van der Waals surface area contributed by atoms with Crippen LogP contribution in [0.1, 0.15) is 30.4 Å². The minimum Gasteiger partial charge on any atom is -0.370 e. The van der Waals surface area contributed by atoms with Crippen LogP contribution in [0.2, 0.25) is 0 Å². The van der Waals surface area contributed by atoms with Crippen LogP contribution in [0.15, 0.2) is 54.6 Å². The predicted octanol–water partition coefficient (Wildman–Crippen LogP) is 4.49. The standard InChI is InChI=1S/C18H20N2/c1-14-8-6-7-11-18(14)20-17(13-19)12-15(2)16-9-4-3-5-10-16/h3-11,15,17,20H,12H2,1-2H3. The van der Waals surface area contributed by atoms with E-state index in [9.17, 15) is 5.26 Å². The van der Waals surface area contributed by atoms with E-state index in [2.05, 4.69) is 43.4 Å². The molecule has 2 aromatic carbocycles. The van der Waals surface area contributed by atoms with E-state index in [0.717, 1.165) is 12.1 Å². The lowest BCUT2D eigenvalue weighted by molar-refractivity contribution is 0.652. The maximum atomic E-state index is 9.36. The summed E-state index contributed by atoms with van der Waals surface area (Å²) in [5.41, 5.74) is 3.48. The van der Waals surface area contributed by atoms with Gasteiger partial charge < -0.3 is 5.32 Å². The largest absolute Gasteiger partial charge is 0.370 e. The molecule has 0 aliphatic heterocycles. The summed E-state index contributed by atoms with van der Waals surface area (Å²) in [6, 6.07) is 20.6. The van der Waals surface area contributed by atoms with E-state index in [-0.39, 0.29) is 6.04 Å². The van der Waals surface area contributed by atoms with Gasteiger partial charge in [0.25, 0.3) is 0 Å². The lowest BCUT2D eigenvalue weighted by atomic mass is 9.94. The number of para-hydroxylation sites is 1. The van der Waals surface area contributed by atoms with Gasteiger partial charge in [0, 0.05) is 5.69 Å². The molecule has 2 heteroatoms. The summed E-state index contributed by atoms with van der Waals surface area (Å²) < 4.78 is 0. The molecule has 0 aromatic heterocycles. The molecule has 0 heterocycles. The lowest BCUT2D eigenvalue weighted by Gasteiger charge is -2.19.